The lowest BCUT2D eigenvalue weighted by Gasteiger charge is -2.73. The number of hydrogen-bond acceptors (Lipinski definition) is 2. The highest BCUT2D eigenvalue weighted by Crippen LogP contribution is 2.76. The first-order valence-corrected chi connectivity index (χ1v) is 14.6. The first-order chi connectivity index (χ1) is 15.7. The molecule has 192 valence electrons. The number of allylic oxidation sites excluding steroid dienone is 2. The molecule has 2 nitrogen and oxygen atoms in total. The van der Waals surface area contributed by atoms with Gasteiger partial charge in [0.15, 0.2) is 0 Å². The van der Waals surface area contributed by atoms with Gasteiger partial charge in [-0.2, -0.15) is 0 Å². The highest BCUT2D eigenvalue weighted by Gasteiger charge is 2.69. The zero-order valence-corrected chi connectivity index (χ0v) is 23.7. The molecule has 0 heterocycles. The molecule has 11 atom stereocenters. The third-order valence-corrected chi connectivity index (χ3v) is 13.7. The number of carbonyl (C=O) groups is 1. The van der Waals surface area contributed by atoms with Crippen molar-refractivity contribution in [1.82, 2.24) is 0 Å². The molecule has 0 bridgehead atoms. The Morgan fingerprint density at radius 2 is 1.53 bits per heavy atom. The van der Waals surface area contributed by atoms with Crippen molar-refractivity contribution < 1.29 is 9.53 Å². The molecule has 4 saturated carbocycles. The molecule has 0 spiro atoms. The third-order valence-electron chi connectivity index (χ3n) is 13.7. The first-order valence-electron chi connectivity index (χ1n) is 14.6. The average molecular weight is 469 g/mol. The van der Waals surface area contributed by atoms with E-state index in [9.17, 15) is 4.79 Å². The molecule has 5 aliphatic carbocycles. The first kappa shape index (κ1) is 24.9. The van der Waals surface area contributed by atoms with Gasteiger partial charge in [-0.1, -0.05) is 67.5 Å². The van der Waals surface area contributed by atoms with E-state index in [1.165, 1.54) is 44.9 Å². The maximum absolute atomic E-state index is 11.9. The predicted molar refractivity (Wildman–Crippen MR) is 140 cm³/mol. The maximum atomic E-state index is 11.9. The minimum absolute atomic E-state index is 0.0565. The summed E-state index contributed by atoms with van der Waals surface area (Å²) in [6.07, 6.45) is 15.7. The van der Waals surface area contributed by atoms with Crippen molar-refractivity contribution in [2.24, 2.45) is 62.6 Å². The fourth-order valence-corrected chi connectivity index (χ4v) is 11.6. The van der Waals surface area contributed by atoms with E-state index >= 15 is 0 Å². The SMILES string of the molecule is CC(=O)O[C@H]1CC[C@]2(C)[C@H]3CC[C@@H]4[C@H]5[C@H](C)[C@H](C)C=C[C@]5(C)CC[C@@]4(C)[C@]3(C)CC[C@H]2C1(C)C. The summed E-state index contributed by atoms with van der Waals surface area (Å²) in [7, 11) is 0. The minimum Gasteiger partial charge on any atom is -0.462 e. The summed E-state index contributed by atoms with van der Waals surface area (Å²) in [5.74, 6) is 4.48. The van der Waals surface area contributed by atoms with Gasteiger partial charge in [0.2, 0.25) is 0 Å². The number of esters is 1. The second-order valence-corrected chi connectivity index (χ2v) is 15.2. The molecule has 0 aromatic rings. The second-order valence-electron chi connectivity index (χ2n) is 15.2. The quantitative estimate of drug-likeness (QED) is 0.285. The van der Waals surface area contributed by atoms with E-state index in [-0.39, 0.29) is 17.5 Å². The van der Waals surface area contributed by atoms with E-state index in [2.05, 4.69) is 67.5 Å². The Hall–Kier alpha value is -0.790. The molecule has 34 heavy (non-hydrogen) atoms. The van der Waals surface area contributed by atoms with Crippen molar-refractivity contribution in [2.75, 3.05) is 0 Å². The summed E-state index contributed by atoms with van der Waals surface area (Å²) in [5, 5.41) is 0. The molecule has 0 N–H and O–H groups in total. The highest BCUT2D eigenvalue weighted by molar-refractivity contribution is 5.66. The molecule has 2 heteroatoms. The molecule has 0 saturated heterocycles. The molecule has 4 fully saturated rings. The van der Waals surface area contributed by atoms with Gasteiger partial charge in [0.1, 0.15) is 6.10 Å². The van der Waals surface area contributed by atoms with Crippen LogP contribution in [-0.2, 0) is 9.53 Å². The molecule has 0 aromatic heterocycles. The van der Waals surface area contributed by atoms with Crippen LogP contribution in [0.1, 0.15) is 114 Å². The monoisotopic (exact) mass is 468 g/mol. The zero-order chi connectivity index (χ0) is 24.9. The maximum Gasteiger partial charge on any atom is 0.302 e. The number of ether oxygens (including phenoxy) is 1. The molecule has 5 aliphatic rings. The van der Waals surface area contributed by atoms with E-state index in [0.29, 0.717) is 33.5 Å². The summed E-state index contributed by atoms with van der Waals surface area (Å²) >= 11 is 0. The molecular weight excluding hydrogens is 416 g/mol. The van der Waals surface area contributed by atoms with Crippen LogP contribution in [0.15, 0.2) is 12.2 Å². The van der Waals surface area contributed by atoms with Gasteiger partial charge in [-0.25, -0.2) is 0 Å². The lowest BCUT2D eigenvalue weighted by atomic mass is 9.31. The molecule has 0 amide bonds. The summed E-state index contributed by atoms with van der Waals surface area (Å²) in [6.45, 7) is 22.1. The van der Waals surface area contributed by atoms with Crippen LogP contribution >= 0.6 is 0 Å². The van der Waals surface area contributed by atoms with Gasteiger partial charge in [-0.3, -0.25) is 4.79 Å². The fourth-order valence-electron chi connectivity index (χ4n) is 11.6. The van der Waals surface area contributed by atoms with Crippen LogP contribution in [0.3, 0.4) is 0 Å². The van der Waals surface area contributed by atoms with E-state index in [0.717, 1.165) is 30.1 Å². The third kappa shape index (κ3) is 3.08. The Kier molecular flexibility index (Phi) is 5.57. The van der Waals surface area contributed by atoms with Crippen molar-refractivity contribution in [3.8, 4) is 0 Å². The van der Waals surface area contributed by atoms with Gasteiger partial charge in [0.05, 0.1) is 0 Å². The predicted octanol–water partition coefficient (Wildman–Crippen LogP) is 8.45. The summed E-state index contributed by atoms with van der Waals surface area (Å²) in [6, 6.07) is 0. The Balaban J connectivity index is 1.50. The molecule has 0 radical (unpaired) electrons. The second kappa shape index (κ2) is 7.61. The number of fused-ring (bicyclic) bond motifs is 7. The Morgan fingerprint density at radius 1 is 0.824 bits per heavy atom. The van der Waals surface area contributed by atoms with Crippen LogP contribution in [0.2, 0.25) is 0 Å². The standard InChI is InChI=1S/C32H52O2/c1-20-12-15-29(6)18-19-31(8)23(27(29)21(20)2)10-11-25-30(7)16-14-26(34-22(3)33)28(4,5)24(30)13-17-32(25,31)9/h12,15,20-21,23-27H,10-11,13-14,16-19H2,1-9H3/t20-,21-,23-,24+,25-,26+,27-,29-,30+,31-,32-/m1/s1. The van der Waals surface area contributed by atoms with Gasteiger partial charge in [-0.05, 0) is 109 Å². The van der Waals surface area contributed by atoms with Crippen molar-refractivity contribution in [3.63, 3.8) is 0 Å². The Labute approximate surface area is 210 Å². The van der Waals surface area contributed by atoms with Gasteiger partial charge in [0.25, 0.3) is 0 Å². The highest BCUT2D eigenvalue weighted by atomic mass is 16.5. The molecular formula is C32H52O2. The minimum atomic E-state index is -0.106. The van der Waals surface area contributed by atoms with Crippen LogP contribution in [0, 0.1) is 62.6 Å². The van der Waals surface area contributed by atoms with Crippen LogP contribution in [0.25, 0.3) is 0 Å². The van der Waals surface area contributed by atoms with Crippen molar-refractivity contribution in [1.29, 1.82) is 0 Å². The van der Waals surface area contributed by atoms with Crippen LogP contribution in [0.5, 0.6) is 0 Å². The Bertz CT molecular complexity index is 872. The molecule has 0 unspecified atom stereocenters. The van der Waals surface area contributed by atoms with Gasteiger partial charge in [-0.15, -0.1) is 0 Å². The summed E-state index contributed by atoms with van der Waals surface area (Å²) < 4.78 is 5.91. The number of hydrogen-bond donors (Lipinski definition) is 0. The molecule has 0 aliphatic heterocycles. The van der Waals surface area contributed by atoms with Crippen LogP contribution in [0.4, 0.5) is 0 Å². The smallest absolute Gasteiger partial charge is 0.302 e. The summed E-state index contributed by atoms with van der Waals surface area (Å²) in [4.78, 5) is 11.9. The molecule has 0 aromatic carbocycles. The largest absolute Gasteiger partial charge is 0.462 e. The molecule has 5 rings (SSSR count). The van der Waals surface area contributed by atoms with Gasteiger partial charge >= 0.3 is 5.97 Å². The van der Waals surface area contributed by atoms with Crippen LogP contribution < -0.4 is 0 Å². The van der Waals surface area contributed by atoms with Crippen molar-refractivity contribution in [2.45, 2.75) is 120 Å². The van der Waals surface area contributed by atoms with Crippen LogP contribution in [-0.4, -0.2) is 12.1 Å². The van der Waals surface area contributed by atoms with E-state index < -0.39 is 0 Å². The van der Waals surface area contributed by atoms with Crippen molar-refractivity contribution in [3.05, 3.63) is 12.2 Å². The topological polar surface area (TPSA) is 26.3 Å². The fraction of sp³-hybridized carbons (Fsp3) is 0.906. The lowest BCUT2D eigenvalue weighted by molar-refractivity contribution is -0.251. The number of rotatable bonds is 1. The lowest BCUT2D eigenvalue weighted by Crippen LogP contribution is -2.67. The van der Waals surface area contributed by atoms with Crippen molar-refractivity contribution >= 4 is 5.97 Å². The van der Waals surface area contributed by atoms with E-state index in [1.54, 1.807) is 6.92 Å². The Morgan fingerprint density at radius 3 is 2.21 bits per heavy atom. The number of carbonyl (C=O) groups excluding carboxylic acids is 1. The van der Waals surface area contributed by atoms with E-state index in [1.807, 2.05) is 0 Å². The zero-order valence-electron chi connectivity index (χ0n) is 23.7. The summed E-state index contributed by atoms with van der Waals surface area (Å²) in [5.41, 5.74) is 1.65. The average Bonchev–Trinajstić information content (AvgIpc) is 2.74. The van der Waals surface area contributed by atoms with E-state index in [4.69, 9.17) is 4.74 Å². The van der Waals surface area contributed by atoms with Gasteiger partial charge < -0.3 is 4.74 Å². The van der Waals surface area contributed by atoms with Gasteiger partial charge in [0, 0.05) is 12.3 Å². The normalized spacial score (nSPS) is 55.9.